The van der Waals surface area contributed by atoms with Gasteiger partial charge in [0.2, 0.25) is 11.8 Å². The average molecular weight is 586 g/mol. The molecule has 0 bridgehead atoms. The van der Waals surface area contributed by atoms with E-state index in [1.165, 1.54) is 30.2 Å². The third-order valence-electron chi connectivity index (χ3n) is 6.79. The third kappa shape index (κ3) is 7.34. The van der Waals surface area contributed by atoms with Crippen LogP contribution in [0.4, 0.5) is 5.69 Å². The van der Waals surface area contributed by atoms with Gasteiger partial charge in [0.25, 0.3) is 10.0 Å². The molecule has 2 atom stereocenters. The number of methoxy groups -OCH3 is 1. The smallest absolute Gasteiger partial charge is 0.264 e. The van der Waals surface area contributed by atoms with Gasteiger partial charge in [0.1, 0.15) is 18.3 Å². The van der Waals surface area contributed by atoms with Crippen molar-refractivity contribution < 1.29 is 22.7 Å². The van der Waals surface area contributed by atoms with Crippen molar-refractivity contribution in [2.45, 2.75) is 57.6 Å². The van der Waals surface area contributed by atoms with Crippen LogP contribution in [0.25, 0.3) is 0 Å². The molecule has 0 unspecified atom stereocenters. The van der Waals surface area contributed by atoms with Crippen molar-refractivity contribution in [2.24, 2.45) is 0 Å². The van der Waals surface area contributed by atoms with Gasteiger partial charge in [-0.2, -0.15) is 0 Å². The monoisotopic (exact) mass is 585 g/mol. The Kier molecular flexibility index (Phi) is 10.6. The summed E-state index contributed by atoms with van der Waals surface area (Å²) in [6.07, 6.45) is 0.724. The van der Waals surface area contributed by atoms with Gasteiger partial charge in [-0.3, -0.25) is 13.9 Å². The van der Waals surface area contributed by atoms with E-state index in [4.69, 9.17) is 16.3 Å². The van der Waals surface area contributed by atoms with Crippen LogP contribution in [0.15, 0.2) is 77.7 Å². The molecule has 0 saturated heterocycles. The second kappa shape index (κ2) is 13.7. The molecule has 0 heterocycles. The molecule has 2 amide bonds. The number of halogens is 1. The molecule has 0 aromatic heterocycles. The minimum Gasteiger partial charge on any atom is -0.495 e. The van der Waals surface area contributed by atoms with Crippen molar-refractivity contribution >= 4 is 39.1 Å². The Balaban J connectivity index is 2.09. The van der Waals surface area contributed by atoms with Crippen LogP contribution in [0.2, 0.25) is 5.02 Å². The number of rotatable bonds is 12. The molecular formula is C30H36ClN3O5S. The summed E-state index contributed by atoms with van der Waals surface area (Å²) in [7, 11) is -2.82. The second-order valence-corrected chi connectivity index (χ2v) is 11.9. The van der Waals surface area contributed by atoms with Crippen molar-refractivity contribution in [1.82, 2.24) is 10.2 Å². The number of nitrogens with zero attached hydrogens (tertiary/aromatic N) is 2. The molecular weight excluding hydrogens is 550 g/mol. The topological polar surface area (TPSA) is 96.0 Å². The number of amides is 2. The first kappa shape index (κ1) is 31.0. The highest BCUT2D eigenvalue weighted by Crippen LogP contribution is 2.35. The fourth-order valence-electron chi connectivity index (χ4n) is 4.11. The van der Waals surface area contributed by atoms with Gasteiger partial charge in [-0.15, -0.1) is 0 Å². The van der Waals surface area contributed by atoms with E-state index in [0.717, 1.165) is 21.9 Å². The molecule has 40 heavy (non-hydrogen) atoms. The van der Waals surface area contributed by atoms with Crippen LogP contribution in [-0.4, -0.2) is 50.9 Å². The second-order valence-electron chi connectivity index (χ2n) is 9.58. The fourth-order valence-corrected chi connectivity index (χ4v) is 5.71. The number of carbonyl (C=O) groups is 2. The molecule has 0 spiro atoms. The standard InChI is InChI=1S/C30H36ClN3O5S/c1-6-22(3)32-30(36)23(4)33(19-24-13-11-10-12-21(24)2)29(35)20-34(27-18-25(31)16-17-28(27)39-5)40(37,38)26-14-8-7-9-15-26/h7-18,22-23H,6,19-20H2,1-5H3,(H,32,36)/t22-,23+/m1/s1. The van der Waals surface area contributed by atoms with E-state index < -0.39 is 28.5 Å². The maximum absolute atomic E-state index is 14.1. The third-order valence-corrected chi connectivity index (χ3v) is 8.80. The molecule has 214 valence electrons. The van der Waals surface area contributed by atoms with Crippen LogP contribution in [0, 0.1) is 6.92 Å². The SMILES string of the molecule is CC[C@@H](C)NC(=O)[C@H](C)N(Cc1ccccc1C)C(=O)CN(c1cc(Cl)ccc1OC)S(=O)(=O)c1ccccc1. The molecule has 1 N–H and O–H groups in total. The minimum atomic E-state index is -4.24. The Morgan fingerprint density at radius 3 is 2.27 bits per heavy atom. The number of carbonyl (C=O) groups excluding carboxylic acids is 2. The maximum atomic E-state index is 14.1. The van der Waals surface area contributed by atoms with Crippen molar-refractivity contribution in [1.29, 1.82) is 0 Å². The van der Waals surface area contributed by atoms with Crippen LogP contribution in [0.5, 0.6) is 5.75 Å². The molecule has 0 saturated carbocycles. The first-order valence-corrected chi connectivity index (χ1v) is 14.9. The Morgan fingerprint density at radius 2 is 1.65 bits per heavy atom. The van der Waals surface area contributed by atoms with E-state index in [1.807, 2.05) is 45.0 Å². The number of sulfonamides is 1. The summed E-state index contributed by atoms with van der Waals surface area (Å²) in [5.41, 5.74) is 1.90. The molecule has 8 nitrogen and oxygen atoms in total. The zero-order valence-corrected chi connectivity index (χ0v) is 25.0. The van der Waals surface area contributed by atoms with Gasteiger partial charge in [-0.25, -0.2) is 8.42 Å². The van der Waals surface area contributed by atoms with Crippen molar-refractivity contribution in [2.75, 3.05) is 18.0 Å². The van der Waals surface area contributed by atoms with Gasteiger partial charge in [-0.05, 0) is 68.7 Å². The Morgan fingerprint density at radius 1 is 1.00 bits per heavy atom. The van der Waals surface area contributed by atoms with Crippen LogP contribution >= 0.6 is 11.6 Å². The van der Waals surface area contributed by atoms with Crippen LogP contribution in [0.3, 0.4) is 0 Å². The summed E-state index contributed by atoms with van der Waals surface area (Å²) in [5, 5.41) is 3.20. The number of anilines is 1. The molecule has 10 heteroatoms. The van der Waals surface area contributed by atoms with Gasteiger partial charge in [-0.1, -0.05) is 61.0 Å². The Bertz CT molecular complexity index is 1430. The van der Waals surface area contributed by atoms with Crippen LogP contribution < -0.4 is 14.4 Å². The summed E-state index contributed by atoms with van der Waals surface area (Å²) >= 11 is 6.27. The van der Waals surface area contributed by atoms with E-state index in [9.17, 15) is 18.0 Å². The number of hydrogen-bond donors (Lipinski definition) is 1. The lowest BCUT2D eigenvalue weighted by atomic mass is 10.1. The molecule has 3 rings (SSSR count). The van der Waals surface area contributed by atoms with Gasteiger partial charge in [0, 0.05) is 17.6 Å². The number of nitrogens with one attached hydrogen (secondary N) is 1. The first-order chi connectivity index (χ1) is 19.0. The summed E-state index contributed by atoms with van der Waals surface area (Å²) in [6, 6.07) is 19.0. The molecule has 3 aromatic rings. The van der Waals surface area contributed by atoms with Crippen LogP contribution in [-0.2, 0) is 26.2 Å². The molecule has 0 aliphatic rings. The zero-order valence-electron chi connectivity index (χ0n) is 23.4. The molecule has 0 radical (unpaired) electrons. The average Bonchev–Trinajstić information content (AvgIpc) is 2.95. The lowest BCUT2D eigenvalue weighted by Gasteiger charge is -2.33. The molecule has 0 aliphatic heterocycles. The van der Waals surface area contributed by atoms with Crippen LogP contribution in [0.1, 0.15) is 38.3 Å². The number of ether oxygens (including phenoxy) is 1. The molecule has 0 fully saturated rings. The number of benzene rings is 3. The highest BCUT2D eigenvalue weighted by Gasteiger charge is 2.34. The molecule has 0 aliphatic carbocycles. The minimum absolute atomic E-state index is 0.00200. The Hall–Kier alpha value is -3.56. The van der Waals surface area contributed by atoms with E-state index in [1.54, 1.807) is 37.3 Å². The normalized spacial score (nSPS) is 12.8. The fraction of sp³-hybridized carbons (Fsp3) is 0.333. The van der Waals surface area contributed by atoms with E-state index in [-0.39, 0.29) is 39.8 Å². The predicted molar refractivity (Wildman–Crippen MR) is 158 cm³/mol. The Labute approximate surface area is 241 Å². The van der Waals surface area contributed by atoms with E-state index in [0.29, 0.717) is 0 Å². The van der Waals surface area contributed by atoms with Crippen molar-refractivity contribution in [3.63, 3.8) is 0 Å². The van der Waals surface area contributed by atoms with Crippen molar-refractivity contribution in [3.8, 4) is 5.75 Å². The zero-order chi connectivity index (χ0) is 29.4. The van der Waals surface area contributed by atoms with Gasteiger partial charge in [0.05, 0.1) is 17.7 Å². The highest BCUT2D eigenvalue weighted by molar-refractivity contribution is 7.92. The highest BCUT2D eigenvalue weighted by atomic mass is 35.5. The number of aryl methyl sites for hydroxylation is 1. The lowest BCUT2D eigenvalue weighted by Crippen LogP contribution is -2.52. The quantitative estimate of drug-likeness (QED) is 0.316. The first-order valence-electron chi connectivity index (χ1n) is 13.0. The number of hydrogen-bond acceptors (Lipinski definition) is 5. The van der Waals surface area contributed by atoms with E-state index in [2.05, 4.69) is 5.32 Å². The lowest BCUT2D eigenvalue weighted by molar-refractivity contribution is -0.139. The van der Waals surface area contributed by atoms with Gasteiger partial charge in [0.15, 0.2) is 0 Å². The van der Waals surface area contributed by atoms with Crippen molar-refractivity contribution in [3.05, 3.63) is 88.9 Å². The largest absolute Gasteiger partial charge is 0.495 e. The van der Waals surface area contributed by atoms with Gasteiger partial charge >= 0.3 is 0 Å². The summed E-state index contributed by atoms with van der Waals surface area (Å²) < 4.78 is 34.3. The summed E-state index contributed by atoms with van der Waals surface area (Å²) in [4.78, 5) is 28.7. The summed E-state index contributed by atoms with van der Waals surface area (Å²) in [5.74, 6) is -0.657. The summed E-state index contributed by atoms with van der Waals surface area (Å²) in [6.45, 7) is 6.94. The molecule has 3 aromatic carbocycles. The van der Waals surface area contributed by atoms with Gasteiger partial charge < -0.3 is 15.0 Å². The predicted octanol–water partition coefficient (Wildman–Crippen LogP) is 5.18. The maximum Gasteiger partial charge on any atom is 0.264 e. The van der Waals surface area contributed by atoms with E-state index >= 15 is 0 Å².